The molecule has 7 heteroatoms. The number of nitrogens with zero attached hydrogens (tertiary/aromatic N) is 3. The molecule has 2 aromatic heterocycles. The van der Waals surface area contributed by atoms with Gasteiger partial charge in [0, 0.05) is 36.3 Å². The maximum atomic E-state index is 12.7. The van der Waals surface area contributed by atoms with Crippen LogP contribution in [0, 0.1) is 0 Å². The maximum absolute atomic E-state index is 12.7. The number of sulfonamides is 1. The van der Waals surface area contributed by atoms with E-state index in [-0.39, 0.29) is 0 Å². The normalized spacial score (nSPS) is 12.2. The van der Waals surface area contributed by atoms with Gasteiger partial charge in [0.25, 0.3) is 10.0 Å². The summed E-state index contributed by atoms with van der Waals surface area (Å²) in [7, 11) is -3.42. The number of aryl methyl sites for hydroxylation is 2. The number of aromatic nitrogens is 2. The van der Waals surface area contributed by atoms with Crippen LogP contribution < -0.4 is 0 Å². The van der Waals surface area contributed by atoms with Gasteiger partial charge in [0.05, 0.1) is 6.20 Å². The molecule has 2 heterocycles. The van der Waals surface area contributed by atoms with Gasteiger partial charge in [-0.2, -0.15) is 9.40 Å². The Morgan fingerprint density at radius 3 is 2.57 bits per heavy atom. The second-order valence-corrected chi connectivity index (χ2v) is 8.04. The van der Waals surface area contributed by atoms with Crippen LogP contribution in [0.15, 0.2) is 28.7 Å². The molecule has 0 saturated heterocycles. The molecular formula is C14H21N3O2S2. The number of hydrogen-bond acceptors (Lipinski definition) is 4. The van der Waals surface area contributed by atoms with E-state index in [0.29, 0.717) is 17.3 Å². The Morgan fingerprint density at radius 1 is 1.29 bits per heavy atom. The highest BCUT2D eigenvalue weighted by Gasteiger charge is 2.25. The summed E-state index contributed by atoms with van der Waals surface area (Å²) in [6, 6.07) is 3.59. The number of thiophene rings is 1. The van der Waals surface area contributed by atoms with Gasteiger partial charge in [0.2, 0.25) is 0 Å². The van der Waals surface area contributed by atoms with Gasteiger partial charge in [-0.25, -0.2) is 8.42 Å². The van der Waals surface area contributed by atoms with Gasteiger partial charge in [-0.3, -0.25) is 4.68 Å². The quantitative estimate of drug-likeness (QED) is 0.786. The lowest BCUT2D eigenvalue weighted by molar-refractivity contribution is 0.424. The molecule has 0 spiro atoms. The standard InChI is InChI=1S/C14H21N3O2S2/c1-4-13-7-8-14(20-13)21(18,19)17(6-3)11-12-9-15-16(5-2)10-12/h7-10H,4-6,11H2,1-3H3. The Labute approximate surface area is 130 Å². The van der Waals surface area contributed by atoms with Crippen molar-refractivity contribution in [3.05, 3.63) is 35.0 Å². The molecule has 116 valence electrons. The van der Waals surface area contributed by atoms with E-state index in [4.69, 9.17) is 0 Å². The van der Waals surface area contributed by atoms with E-state index in [1.807, 2.05) is 33.0 Å². The van der Waals surface area contributed by atoms with Crippen molar-refractivity contribution in [3.63, 3.8) is 0 Å². The zero-order valence-corrected chi connectivity index (χ0v) is 14.2. The summed E-state index contributed by atoms with van der Waals surface area (Å²) in [5, 5.41) is 4.19. The summed E-state index contributed by atoms with van der Waals surface area (Å²) in [4.78, 5) is 1.09. The molecule has 21 heavy (non-hydrogen) atoms. The third-order valence-corrected chi connectivity index (χ3v) is 6.92. The van der Waals surface area contributed by atoms with E-state index in [0.717, 1.165) is 23.4 Å². The van der Waals surface area contributed by atoms with E-state index in [1.54, 1.807) is 16.9 Å². The van der Waals surface area contributed by atoms with Gasteiger partial charge in [-0.1, -0.05) is 13.8 Å². The molecule has 2 rings (SSSR count). The van der Waals surface area contributed by atoms with E-state index < -0.39 is 10.0 Å². The van der Waals surface area contributed by atoms with Crippen molar-refractivity contribution in [3.8, 4) is 0 Å². The highest BCUT2D eigenvalue weighted by molar-refractivity contribution is 7.91. The Hall–Kier alpha value is -1.18. The van der Waals surface area contributed by atoms with E-state index in [9.17, 15) is 8.42 Å². The van der Waals surface area contributed by atoms with Gasteiger partial charge < -0.3 is 0 Å². The molecule has 0 aliphatic heterocycles. The Balaban J connectivity index is 2.22. The summed E-state index contributed by atoms with van der Waals surface area (Å²) in [5.41, 5.74) is 0.912. The molecule has 0 radical (unpaired) electrons. The fourth-order valence-corrected chi connectivity index (χ4v) is 4.93. The van der Waals surface area contributed by atoms with E-state index in [1.165, 1.54) is 15.6 Å². The molecule has 0 amide bonds. The fourth-order valence-electron chi connectivity index (χ4n) is 2.05. The van der Waals surface area contributed by atoms with Crippen molar-refractivity contribution >= 4 is 21.4 Å². The lowest BCUT2D eigenvalue weighted by Crippen LogP contribution is -2.29. The SMILES string of the molecule is CCc1ccc(S(=O)(=O)N(CC)Cc2cnn(CC)c2)s1. The first-order valence-corrected chi connectivity index (χ1v) is 9.37. The van der Waals surface area contributed by atoms with Crippen LogP contribution in [0.3, 0.4) is 0 Å². The third kappa shape index (κ3) is 3.53. The first-order valence-electron chi connectivity index (χ1n) is 7.11. The van der Waals surface area contributed by atoms with Crippen LogP contribution in [0.2, 0.25) is 0 Å². The molecule has 0 aliphatic rings. The van der Waals surface area contributed by atoms with Gasteiger partial charge in [-0.05, 0) is 25.5 Å². The van der Waals surface area contributed by atoms with Crippen LogP contribution >= 0.6 is 11.3 Å². The van der Waals surface area contributed by atoms with E-state index >= 15 is 0 Å². The van der Waals surface area contributed by atoms with Crippen molar-refractivity contribution in [2.24, 2.45) is 0 Å². The first kappa shape index (κ1) is 16.2. The molecule has 0 unspecified atom stereocenters. The summed E-state index contributed by atoms with van der Waals surface area (Å²) < 4.78 is 29.1. The zero-order chi connectivity index (χ0) is 15.5. The minimum atomic E-state index is -3.42. The molecule has 0 saturated carbocycles. The van der Waals surface area contributed by atoms with Gasteiger partial charge in [0.15, 0.2) is 0 Å². The summed E-state index contributed by atoms with van der Waals surface area (Å²) in [5.74, 6) is 0. The minimum Gasteiger partial charge on any atom is -0.273 e. The predicted octanol–water partition coefficient (Wildman–Crippen LogP) is 2.74. The Bertz CT molecular complexity index is 689. The van der Waals surface area contributed by atoms with Crippen molar-refractivity contribution in [1.29, 1.82) is 0 Å². The molecule has 0 aromatic carbocycles. The van der Waals surface area contributed by atoms with Gasteiger partial charge >= 0.3 is 0 Å². The van der Waals surface area contributed by atoms with Crippen molar-refractivity contribution in [2.45, 2.75) is 44.5 Å². The Kier molecular flexibility index (Phi) is 5.18. The van der Waals surface area contributed by atoms with Gasteiger partial charge in [0.1, 0.15) is 4.21 Å². The third-order valence-electron chi connectivity index (χ3n) is 3.30. The van der Waals surface area contributed by atoms with Crippen molar-refractivity contribution in [2.75, 3.05) is 6.54 Å². The minimum absolute atomic E-state index is 0.359. The molecule has 0 N–H and O–H groups in total. The van der Waals surface area contributed by atoms with Crippen LogP contribution in [-0.2, 0) is 29.5 Å². The zero-order valence-electron chi connectivity index (χ0n) is 12.6. The molecular weight excluding hydrogens is 306 g/mol. The van der Waals surface area contributed by atoms with Crippen LogP contribution in [0.25, 0.3) is 0 Å². The highest BCUT2D eigenvalue weighted by atomic mass is 32.2. The largest absolute Gasteiger partial charge is 0.273 e. The lowest BCUT2D eigenvalue weighted by Gasteiger charge is -2.18. The molecule has 0 aliphatic carbocycles. The molecule has 0 bridgehead atoms. The van der Waals surface area contributed by atoms with Crippen LogP contribution in [0.4, 0.5) is 0 Å². The summed E-state index contributed by atoms with van der Waals surface area (Å²) in [6.45, 7) is 7.47. The van der Waals surface area contributed by atoms with Crippen LogP contribution in [0.1, 0.15) is 31.2 Å². The van der Waals surface area contributed by atoms with Crippen molar-refractivity contribution in [1.82, 2.24) is 14.1 Å². The van der Waals surface area contributed by atoms with E-state index in [2.05, 4.69) is 5.10 Å². The smallest absolute Gasteiger partial charge is 0.252 e. The first-order chi connectivity index (χ1) is 10.0. The van der Waals surface area contributed by atoms with Crippen molar-refractivity contribution < 1.29 is 8.42 Å². The predicted molar refractivity (Wildman–Crippen MR) is 84.9 cm³/mol. The maximum Gasteiger partial charge on any atom is 0.252 e. The highest BCUT2D eigenvalue weighted by Crippen LogP contribution is 2.26. The topological polar surface area (TPSA) is 55.2 Å². The molecule has 5 nitrogen and oxygen atoms in total. The molecule has 0 fully saturated rings. The monoisotopic (exact) mass is 327 g/mol. The Morgan fingerprint density at radius 2 is 2.05 bits per heavy atom. The van der Waals surface area contributed by atoms with Crippen LogP contribution in [-0.4, -0.2) is 29.0 Å². The molecule has 0 atom stereocenters. The number of hydrogen-bond donors (Lipinski definition) is 0. The van der Waals surface area contributed by atoms with Gasteiger partial charge in [-0.15, -0.1) is 11.3 Å². The second-order valence-electron chi connectivity index (χ2n) is 4.71. The average Bonchev–Trinajstić information content (AvgIpc) is 3.13. The summed E-state index contributed by atoms with van der Waals surface area (Å²) in [6.07, 6.45) is 4.48. The lowest BCUT2D eigenvalue weighted by atomic mass is 10.3. The molecule has 2 aromatic rings. The summed E-state index contributed by atoms with van der Waals surface area (Å²) >= 11 is 1.35. The second kappa shape index (κ2) is 6.72. The number of rotatable bonds is 7. The van der Waals surface area contributed by atoms with Crippen LogP contribution in [0.5, 0.6) is 0 Å². The fraction of sp³-hybridized carbons (Fsp3) is 0.500. The average molecular weight is 327 g/mol.